The number of fused-ring (bicyclic) bond motifs is 1. The molecule has 94 valence electrons. The fourth-order valence-electron chi connectivity index (χ4n) is 2.02. The number of aromatic nitrogens is 3. The van der Waals surface area contributed by atoms with Crippen LogP contribution in [0.2, 0.25) is 0 Å². The highest BCUT2D eigenvalue weighted by atomic mass is 16.6. The molecule has 0 aliphatic heterocycles. The largest absolute Gasteiger partial charge is 0.269 e. The monoisotopic (exact) mass is 254 g/mol. The second-order valence-corrected chi connectivity index (χ2v) is 4.21. The van der Waals surface area contributed by atoms with Crippen molar-refractivity contribution < 1.29 is 4.92 Å². The van der Waals surface area contributed by atoms with Gasteiger partial charge in [-0.1, -0.05) is 24.3 Å². The van der Waals surface area contributed by atoms with Crippen molar-refractivity contribution in [3.05, 3.63) is 63.7 Å². The maximum Gasteiger partial charge on any atom is 0.269 e. The van der Waals surface area contributed by atoms with Crippen LogP contribution in [0.5, 0.6) is 0 Å². The van der Waals surface area contributed by atoms with Crippen LogP contribution in [0.25, 0.3) is 11.0 Å². The summed E-state index contributed by atoms with van der Waals surface area (Å²) in [4.78, 5) is 10.2. The number of nitrogens with zero attached hydrogens (tertiary/aromatic N) is 3. The zero-order chi connectivity index (χ0) is 13.2. The number of non-ortho nitro benzene ring substituents is 1. The number of para-hydroxylation sites is 1. The van der Waals surface area contributed by atoms with E-state index in [0.29, 0.717) is 6.42 Å². The molecule has 0 aliphatic carbocycles. The van der Waals surface area contributed by atoms with Crippen molar-refractivity contribution in [1.29, 1.82) is 0 Å². The SMILES string of the molecule is O=[N+]([O-])c1ccc(Cc2cccc3n[nH]nc23)cc1. The fraction of sp³-hybridized carbons (Fsp3) is 0.0769. The van der Waals surface area contributed by atoms with E-state index in [1.165, 1.54) is 12.1 Å². The van der Waals surface area contributed by atoms with Crippen LogP contribution in [0.1, 0.15) is 11.1 Å². The summed E-state index contributed by atoms with van der Waals surface area (Å²) >= 11 is 0. The van der Waals surface area contributed by atoms with Gasteiger partial charge in [-0.3, -0.25) is 10.1 Å². The Bertz CT molecular complexity index is 734. The zero-order valence-corrected chi connectivity index (χ0v) is 9.91. The van der Waals surface area contributed by atoms with E-state index in [4.69, 9.17) is 0 Å². The van der Waals surface area contributed by atoms with Crippen LogP contribution < -0.4 is 0 Å². The van der Waals surface area contributed by atoms with Gasteiger partial charge in [0.05, 0.1) is 4.92 Å². The molecule has 0 saturated carbocycles. The first-order valence-corrected chi connectivity index (χ1v) is 5.76. The maximum absolute atomic E-state index is 10.6. The second kappa shape index (κ2) is 4.49. The van der Waals surface area contributed by atoms with Gasteiger partial charge in [-0.2, -0.15) is 15.4 Å². The Morgan fingerprint density at radius 2 is 1.89 bits per heavy atom. The molecule has 3 aromatic rings. The molecular formula is C13H10N4O2. The van der Waals surface area contributed by atoms with Crippen molar-refractivity contribution in [1.82, 2.24) is 15.4 Å². The molecule has 0 saturated heterocycles. The van der Waals surface area contributed by atoms with Crippen LogP contribution in [0, 0.1) is 10.1 Å². The normalized spacial score (nSPS) is 10.7. The third-order valence-electron chi connectivity index (χ3n) is 2.97. The maximum atomic E-state index is 10.6. The summed E-state index contributed by atoms with van der Waals surface area (Å²) in [5.74, 6) is 0. The fourth-order valence-corrected chi connectivity index (χ4v) is 2.02. The Kier molecular flexibility index (Phi) is 2.68. The molecule has 1 N–H and O–H groups in total. The van der Waals surface area contributed by atoms with Gasteiger partial charge in [-0.05, 0) is 23.6 Å². The molecular weight excluding hydrogens is 244 g/mol. The van der Waals surface area contributed by atoms with Gasteiger partial charge < -0.3 is 0 Å². The van der Waals surface area contributed by atoms with Crippen LogP contribution in [-0.4, -0.2) is 20.3 Å². The third-order valence-corrected chi connectivity index (χ3v) is 2.97. The Balaban J connectivity index is 1.92. The molecule has 0 spiro atoms. The summed E-state index contributed by atoms with van der Waals surface area (Å²) in [5.41, 5.74) is 3.80. The standard InChI is InChI=1S/C13H10N4O2/c18-17(19)11-6-4-9(5-7-11)8-10-2-1-3-12-13(10)15-16-14-12/h1-7H,8H2,(H,14,15,16). The Morgan fingerprint density at radius 1 is 1.11 bits per heavy atom. The third kappa shape index (κ3) is 2.15. The van der Waals surface area contributed by atoms with Crippen molar-refractivity contribution >= 4 is 16.7 Å². The second-order valence-electron chi connectivity index (χ2n) is 4.21. The van der Waals surface area contributed by atoms with E-state index in [9.17, 15) is 10.1 Å². The molecule has 6 heteroatoms. The predicted molar refractivity (Wildman–Crippen MR) is 69.8 cm³/mol. The molecule has 0 unspecified atom stereocenters. The van der Waals surface area contributed by atoms with E-state index in [1.54, 1.807) is 12.1 Å². The van der Waals surface area contributed by atoms with Gasteiger partial charge in [0.15, 0.2) is 0 Å². The minimum Gasteiger partial charge on any atom is -0.258 e. The molecule has 2 aromatic carbocycles. The number of rotatable bonds is 3. The lowest BCUT2D eigenvalue weighted by molar-refractivity contribution is -0.384. The number of aromatic amines is 1. The van der Waals surface area contributed by atoms with E-state index >= 15 is 0 Å². The van der Waals surface area contributed by atoms with Crippen LogP contribution >= 0.6 is 0 Å². The summed E-state index contributed by atoms with van der Waals surface area (Å²) in [7, 11) is 0. The lowest BCUT2D eigenvalue weighted by Gasteiger charge is -2.02. The van der Waals surface area contributed by atoms with Crippen LogP contribution in [0.15, 0.2) is 42.5 Å². The summed E-state index contributed by atoms with van der Waals surface area (Å²) in [5, 5.41) is 21.3. The Morgan fingerprint density at radius 3 is 2.63 bits per heavy atom. The van der Waals surface area contributed by atoms with Crippen molar-refractivity contribution in [3.63, 3.8) is 0 Å². The van der Waals surface area contributed by atoms with Gasteiger partial charge in [0.1, 0.15) is 11.0 Å². The summed E-state index contributed by atoms with van der Waals surface area (Å²) in [6.07, 6.45) is 0.669. The van der Waals surface area contributed by atoms with Gasteiger partial charge in [-0.15, -0.1) is 0 Å². The highest BCUT2D eigenvalue weighted by molar-refractivity contribution is 5.77. The number of nitrogens with one attached hydrogen (secondary N) is 1. The lowest BCUT2D eigenvalue weighted by Crippen LogP contribution is -1.92. The average molecular weight is 254 g/mol. The van der Waals surface area contributed by atoms with Crippen molar-refractivity contribution in [2.75, 3.05) is 0 Å². The highest BCUT2D eigenvalue weighted by Gasteiger charge is 2.07. The van der Waals surface area contributed by atoms with E-state index in [1.807, 2.05) is 18.2 Å². The molecule has 0 fully saturated rings. The van der Waals surface area contributed by atoms with Gasteiger partial charge in [0.2, 0.25) is 0 Å². The first-order valence-electron chi connectivity index (χ1n) is 5.76. The Hall–Kier alpha value is -2.76. The number of benzene rings is 2. The average Bonchev–Trinajstić information content (AvgIpc) is 2.89. The van der Waals surface area contributed by atoms with Crippen molar-refractivity contribution in [3.8, 4) is 0 Å². The molecule has 3 rings (SSSR count). The van der Waals surface area contributed by atoms with Gasteiger partial charge in [-0.25, -0.2) is 0 Å². The number of nitro benzene ring substituents is 1. The minimum absolute atomic E-state index is 0.100. The first-order chi connectivity index (χ1) is 9.24. The smallest absolute Gasteiger partial charge is 0.258 e. The summed E-state index contributed by atoms with van der Waals surface area (Å²) in [6.45, 7) is 0. The molecule has 0 atom stereocenters. The van der Waals surface area contributed by atoms with Crippen LogP contribution in [0.4, 0.5) is 5.69 Å². The van der Waals surface area contributed by atoms with Gasteiger partial charge in [0, 0.05) is 12.1 Å². The Labute approximate surface area is 108 Å². The molecule has 1 heterocycles. The number of hydrogen-bond donors (Lipinski definition) is 1. The molecule has 0 aliphatic rings. The summed E-state index contributed by atoms with van der Waals surface area (Å²) < 4.78 is 0. The summed E-state index contributed by atoms with van der Waals surface area (Å²) in [6, 6.07) is 12.3. The van der Waals surface area contributed by atoms with E-state index in [-0.39, 0.29) is 5.69 Å². The van der Waals surface area contributed by atoms with Gasteiger partial charge >= 0.3 is 0 Å². The van der Waals surface area contributed by atoms with Gasteiger partial charge in [0.25, 0.3) is 5.69 Å². The van der Waals surface area contributed by atoms with Crippen molar-refractivity contribution in [2.24, 2.45) is 0 Å². The number of H-pyrrole nitrogens is 1. The van der Waals surface area contributed by atoms with Crippen LogP contribution in [0.3, 0.4) is 0 Å². The quantitative estimate of drug-likeness (QED) is 0.574. The molecule has 19 heavy (non-hydrogen) atoms. The topological polar surface area (TPSA) is 84.7 Å². The van der Waals surface area contributed by atoms with Crippen LogP contribution in [-0.2, 0) is 6.42 Å². The zero-order valence-electron chi connectivity index (χ0n) is 9.91. The van der Waals surface area contributed by atoms with E-state index in [0.717, 1.165) is 22.2 Å². The molecule has 6 nitrogen and oxygen atoms in total. The van der Waals surface area contributed by atoms with Crippen molar-refractivity contribution in [2.45, 2.75) is 6.42 Å². The van der Waals surface area contributed by atoms with E-state index < -0.39 is 4.92 Å². The molecule has 0 bridgehead atoms. The number of hydrogen-bond acceptors (Lipinski definition) is 4. The molecule has 0 radical (unpaired) electrons. The molecule has 0 amide bonds. The lowest BCUT2D eigenvalue weighted by atomic mass is 10.0. The highest BCUT2D eigenvalue weighted by Crippen LogP contribution is 2.19. The number of nitro groups is 1. The first kappa shape index (κ1) is 11.3. The van der Waals surface area contributed by atoms with E-state index in [2.05, 4.69) is 15.4 Å². The predicted octanol–water partition coefficient (Wildman–Crippen LogP) is 2.46. The molecule has 1 aromatic heterocycles. The minimum atomic E-state index is -0.401.